The van der Waals surface area contributed by atoms with E-state index in [0.717, 1.165) is 60.4 Å². The van der Waals surface area contributed by atoms with Gasteiger partial charge in [0.2, 0.25) is 0 Å². The second-order valence-corrected chi connectivity index (χ2v) is 9.57. The zero-order chi connectivity index (χ0) is 22.6. The molecular formula is C27H29N3O2S. The lowest BCUT2D eigenvalue weighted by Crippen LogP contribution is -2.34. The van der Waals surface area contributed by atoms with Gasteiger partial charge in [0.1, 0.15) is 17.5 Å². The standard InChI is InChI=1S/C27H29N3O2S/c1-30-24-13-16-33-26(24)18-25(30)27(31)29-21-4-2-3-20(17-21)6-5-19-7-9-22(10-8-19)32-23-11-14-28-15-12-23/h2-4,7-10,13,16-18,23,28H,5-6,11-12,14-15H2,1H3,(H,29,31). The highest BCUT2D eigenvalue weighted by atomic mass is 32.1. The third kappa shape index (κ3) is 5.13. The van der Waals surface area contributed by atoms with Crippen LogP contribution in [0, 0.1) is 0 Å². The molecule has 6 heteroatoms. The van der Waals surface area contributed by atoms with Crippen molar-refractivity contribution < 1.29 is 9.53 Å². The van der Waals surface area contributed by atoms with E-state index in [1.54, 1.807) is 11.3 Å². The van der Waals surface area contributed by atoms with Crippen molar-refractivity contribution in [2.45, 2.75) is 31.8 Å². The van der Waals surface area contributed by atoms with Gasteiger partial charge in [-0.15, -0.1) is 11.3 Å². The Morgan fingerprint density at radius 2 is 1.85 bits per heavy atom. The van der Waals surface area contributed by atoms with E-state index in [9.17, 15) is 4.79 Å². The Morgan fingerprint density at radius 1 is 1.06 bits per heavy atom. The summed E-state index contributed by atoms with van der Waals surface area (Å²) >= 11 is 1.65. The number of piperidine rings is 1. The number of aryl methyl sites for hydroxylation is 3. The number of rotatable bonds is 7. The van der Waals surface area contributed by atoms with Gasteiger partial charge in [0.05, 0.1) is 10.2 Å². The van der Waals surface area contributed by atoms with E-state index in [-0.39, 0.29) is 5.91 Å². The van der Waals surface area contributed by atoms with Gasteiger partial charge >= 0.3 is 0 Å². The molecule has 0 spiro atoms. The van der Waals surface area contributed by atoms with Crippen LogP contribution in [0.25, 0.3) is 10.2 Å². The Bertz CT molecular complexity index is 1240. The molecule has 0 radical (unpaired) electrons. The van der Waals surface area contributed by atoms with Gasteiger partial charge in [0.15, 0.2) is 0 Å². The van der Waals surface area contributed by atoms with Crippen molar-refractivity contribution in [2.75, 3.05) is 18.4 Å². The number of fused-ring (bicyclic) bond motifs is 1. The topological polar surface area (TPSA) is 55.3 Å². The fraction of sp³-hybridized carbons (Fsp3) is 0.296. The minimum atomic E-state index is -0.0811. The van der Waals surface area contributed by atoms with E-state index < -0.39 is 0 Å². The molecule has 1 aliphatic heterocycles. The zero-order valence-electron chi connectivity index (χ0n) is 18.8. The first-order chi connectivity index (χ1) is 16.2. The lowest BCUT2D eigenvalue weighted by Gasteiger charge is -2.23. The van der Waals surface area contributed by atoms with E-state index in [2.05, 4.69) is 47.0 Å². The summed E-state index contributed by atoms with van der Waals surface area (Å²) in [6.45, 7) is 2.07. The molecule has 1 aliphatic rings. The van der Waals surface area contributed by atoms with Gasteiger partial charge in [0.25, 0.3) is 5.91 Å². The van der Waals surface area contributed by atoms with Gasteiger partial charge < -0.3 is 19.9 Å². The largest absolute Gasteiger partial charge is 0.490 e. The molecule has 1 saturated heterocycles. The molecule has 170 valence electrons. The number of anilines is 1. The smallest absolute Gasteiger partial charge is 0.272 e. The lowest BCUT2D eigenvalue weighted by atomic mass is 10.0. The zero-order valence-corrected chi connectivity index (χ0v) is 19.7. The predicted octanol–water partition coefficient (Wildman–Crippen LogP) is 5.41. The Hall–Kier alpha value is -3.09. The number of hydrogen-bond donors (Lipinski definition) is 2. The Labute approximate surface area is 198 Å². The highest BCUT2D eigenvalue weighted by Gasteiger charge is 2.15. The summed E-state index contributed by atoms with van der Waals surface area (Å²) < 4.78 is 9.18. The summed E-state index contributed by atoms with van der Waals surface area (Å²) in [6, 6.07) is 20.6. The first-order valence-corrected chi connectivity index (χ1v) is 12.4. The van der Waals surface area contributed by atoms with Crippen LogP contribution >= 0.6 is 11.3 Å². The molecule has 0 bridgehead atoms. The molecule has 2 aromatic carbocycles. The molecule has 33 heavy (non-hydrogen) atoms. The summed E-state index contributed by atoms with van der Waals surface area (Å²) in [7, 11) is 1.93. The molecule has 0 atom stereocenters. The quantitative estimate of drug-likeness (QED) is 0.389. The molecule has 0 unspecified atom stereocenters. The molecule has 5 rings (SSSR count). The first-order valence-electron chi connectivity index (χ1n) is 11.6. The average Bonchev–Trinajstić information content (AvgIpc) is 3.42. The molecule has 1 amide bonds. The van der Waals surface area contributed by atoms with Crippen LogP contribution in [0.2, 0.25) is 0 Å². The molecule has 0 saturated carbocycles. The van der Waals surface area contributed by atoms with Crippen molar-refractivity contribution in [1.82, 2.24) is 9.88 Å². The number of nitrogens with zero attached hydrogens (tertiary/aromatic N) is 1. The van der Waals surface area contributed by atoms with Gasteiger partial charge in [-0.1, -0.05) is 24.3 Å². The van der Waals surface area contributed by atoms with E-state index >= 15 is 0 Å². The van der Waals surface area contributed by atoms with Crippen LogP contribution in [0.5, 0.6) is 5.75 Å². The highest BCUT2D eigenvalue weighted by Crippen LogP contribution is 2.25. The van der Waals surface area contributed by atoms with Crippen molar-refractivity contribution in [3.8, 4) is 5.75 Å². The van der Waals surface area contributed by atoms with E-state index in [1.807, 2.05) is 41.3 Å². The summed E-state index contributed by atoms with van der Waals surface area (Å²) in [5.74, 6) is 0.873. The molecule has 2 N–H and O–H groups in total. The minimum absolute atomic E-state index is 0.0811. The van der Waals surface area contributed by atoms with Crippen molar-refractivity contribution in [1.29, 1.82) is 0 Å². The maximum absolute atomic E-state index is 12.8. The highest BCUT2D eigenvalue weighted by molar-refractivity contribution is 7.17. The van der Waals surface area contributed by atoms with Gasteiger partial charge in [0, 0.05) is 12.7 Å². The van der Waals surface area contributed by atoms with Crippen molar-refractivity contribution in [3.63, 3.8) is 0 Å². The maximum atomic E-state index is 12.8. The number of hydrogen-bond acceptors (Lipinski definition) is 4. The van der Waals surface area contributed by atoms with Gasteiger partial charge in [-0.05, 0) is 91.7 Å². The Kier molecular flexibility index (Phi) is 6.46. The van der Waals surface area contributed by atoms with Crippen LogP contribution in [0.1, 0.15) is 34.5 Å². The molecule has 2 aromatic heterocycles. The van der Waals surface area contributed by atoms with Crippen LogP contribution in [0.3, 0.4) is 0 Å². The fourth-order valence-electron chi connectivity index (χ4n) is 4.40. The average molecular weight is 460 g/mol. The molecule has 5 nitrogen and oxygen atoms in total. The van der Waals surface area contributed by atoms with Crippen LogP contribution in [-0.2, 0) is 19.9 Å². The van der Waals surface area contributed by atoms with Crippen LogP contribution in [0.4, 0.5) is 5.69 Å². The van der Waals surface area contributed by atoms with Gasteiger partial charge in [-0.3, -0.25) is 4.79 Å². The third-order valence-electron chi connectivity index (χ3n) is 6.30. The summed E-state index contributed by atoms with van der Waals surface area (Å²) in [4.78, 5) is 12.8. The van der Waals surface area contributed by atoms with Crippen LogP contribution in [0.15, 0.2) is 66.0 Å². The minimum Gasteiger partial charge on any atom is -0.490 e. The number of aromatic nitrogens is 1. The van der Waals surface area contributed by atoms with E-state index in [4.69, 9.17) is 4.74 Å². The second kappa shape index (κ2) is 9.81. The predicted molar refractivity (Wildman–Crippen MR) is 136 cm³/mol. The SMILES string of the molecule is Cn1c(C(=O)Nc2cccc(CCc3ccc(OC4CCNCC4)cc3)c2)cc2sccc21. The lowest BCUT2D eigenvalue weighted by molar-refractivity contribution is 0.101. The normalized spacial score (nSPS) is 14.5. The molecule has 0 aliphatic carbocycles. The third-order valence-corrected chi connectivity index (χ3v) is 7.15. The Morgan fingerprint density at radius 3 is 2.64 bits per heavy atom. The number of nitrogens with one attached hydrogen (secondary N) is 2. The van der Waals surface area contributed by atoms with Crippen LogP contribution < -0.4 is 15.4 Å². The number of ether oxygens (including phenoxy) is 1. The maximum Gasteiger partial charge on any atom is 0.272 e. The Balaban J connectivity index is 1.17. The van der Waals surface area contributed by atoms with Gasteiger partial charge in [-0.25, -0.2) is 0 Å². The molecule has 1 fully saturated rings. The number of carbonyl (C=O) groups is 1. The van der Waals surface area contributed by atoms with E-state index in [0.29, 0.717) is 11.8 Å². The van der Waals surface area contributed by atoms with Crippen LogP contribution in [-0.4, -0.2) is 29.7 Å². The monoisotopic (exact) mass is 459 g/mol. The van der Waals surface area contributed by atoms with Crippen molar-refractivity contribution in [2.24, 2.45) is 7.05 Å². The number of benzene rings is 2. The molecule has 3 heterocycles. The molecular weight excluding hydrogens is 430 g/mol. The molecule has 4 aromatic rings. The summed E-state index contributed by atoms with van der Waals surface area (Å²) in [5.41, 5.74) is 5.08. The van der Waals surface area contributed by atoms with E-state index in [1.165, 1.54) is 11.1 Å². The number of carbonyl (C=O) groups excluding carboxylic acids is 1. The van der Waals surface area contributed by atoms with Gasteiger partial charge in [-0.2, -0.15) is 0 Å². The second-order valence-electron chi connectivity index (χ2n) is 8.62. The number of amides is 1. The van der Waals surface area contributed by atoms with Crippen molar-refractivity contribution in [3.05, 3.63) is 82.9 Å². The fourth-order valence-corrected chi connectivity index (χ4v) is 5.25. The number of thiophene rings is 1. The summed E-state index contributed by atoms with van der Waals surface area (Å²) in [6.07, 6.45) is 4.31. The first kappa shape index (κ1) is 21.7. The summed E-state index contributed by atoms with van der Waals surface area (Å²) in [5, 5.41) is 8.47. The van der Waals surface area contributed by atoms with Crippen molar-refractivity contribution >= 4 is 33.1 Å².